The summed E-state index contributed by atoms with van der Waals surface area (Å²) in [6, 6.07) is 2.12. The largest absolute Gasteiger partial charge is 0.228 e. The van der Waals surface area contributed by atoms with Crippen LogP contribution in [0.3, 0.4) is 0 Å². The van der Waals surface area contributed by atoms with E-state index >= 15 is 0 Å². The zero-order valence-corrected chi connectivity index (χ0v) is 9.55. The van der Waals surface area contributed by atoms with Crippen LogP contribution in [0, 0.1) is 17.2 Å². The van der Waals surface area contributed by atoms with Crippen LogP contribution in [0.1, 0.15) is 39.5 Å². The van der Waals surface area contributed by atoms with Crippen LogP contribution in [-0.2, 0) is 9.84 Å². The molecule has 3 unspecified atom stereocenters. The summed E-state index contributed by atoms with van der Waals surface area (Å²) in [6.07, 6.45) is 2.93. The molecule has 3 nitrogen and oxygen atoms in total. The highest BCUT2D eigenvalue weighted by atomic mass is 32.2. The Labute approximate surface area is 86.0 Å². The number of nitriles is 1. The quantitative estimate of drug-likeness (QED) is 0.722. The van der Waals surface area contributed by atoms with E-state index in [2.05, 4.69) is 6.07 Å². The Kier molecular flexibility index (Phi) is 3.54. The van der Waals surface area contributed by atoms with Crippen molar-refractivity contribution in [2.75, 3.05) is 0 Å². The molecule has 0 radical (unpaired) electrons. The summed E-state index contributed by atoms with van der Waals surface area (Å²) in [6.45, 7) is 3.61. The Morgan fingerprint density at radius 1 is 1.50 bits per heavy atom. The first-order chi connectivity index (χ1) is 6.54. The zero-order chi connectivity index (χ0) is 10.8. The predicted molar refractivity (Wildman–Crippen MR) is 55.4 cm³/mol. The zero-order valence-electron chi connectivity index (χ0n) is 8.73. The molecule has 4 heteroatoms. The maximum absolute atomic E-state index is 12.0. The van der Waals surface area contributed by atoms with Crippen molar-refractivity contribution in [3.8, 4) is 6.07 Å². The molecule has 0 spiro atoms. The topological polar surface area (TPSA) is 57.9 Å². The maximum atomic E-state index is 12.0. The van der Waals surface area contributed by atoms with Crippen molar-refractivity contribution in [3.05, 3.63) is 0 Å². The van der Waals surface area contributed by atoms with E-state index < -0.39 is 15.1 Å². The fraction of sp³-hybridized carbons (Fsp3) is 0.900. The molecular weight excluding hydrogens is 198 g/mol. The minimum Gasteiger partial charge on any atom is -0.228 e. The Hall–Kier alpha value is -0.560. The highest BCUT2D eigenvalue weighted by Crippen LogP contribution is 2.33. The SMILES string of the molecule is CCC(C)S(=O)(=O)C1CCCC1C#N. The van der Waals surface area contributed by atoms with Gasteiger partial charge in [0.25, 0.3) is 0 Å². The van der Waals surface area contributed by atoms with Crippen molar-refractivity contribution in [2.24, 2.45) is 5.92 Å². The highest BCUT2D eigenvalue weighted by Gasteiger charge is 2.39. The van der Waals surface area contributed by atoms with E-state index in [-0.39, 0.29) is 11.2 Å². The average Bonchev–Trinajstić information content (AvgIpc) is 2.64. The normalized spacial score (nSPS) is 29.8. The summed E-state index contributed by atoms with van der Waals surface area (Å²) >= 11 is 0. The van der Waals surface area contributed by atoms with Crippen LogP contribution in [0.4, 0.5) is 0 Å². The molecule has 80 valence electrons. The summed E-state index contributed by atoms with van der Waals surface area (Å²) in [4.78, 5) is 0. The van der Waals surface area contributed by atoms with Crippen molar-refractivity contribution < 1.29 is 8.42 Å². The van der Waals surface area contributed by atoms with Crippen molar-refractivity contribution in [1.29, 1.82) is 5.26 Å². The number of nitrogens with zero attached hydrogens (tertiary/aromatic N) is 1. The van der Waals surface area contributed by atoms with Crippen LogP contribution in [0.25, 0.3) is 0 Å². The van der Waals surface area contributed by atoms with Crippen LogP contribution < -0.4 is 0 Å². The first-order valence-corrected chi connectivity index (χ1v) is 6.77. The summed E-state index contributed by atoms with van der Waals surface area (Å²) < 4.78 is 24.0. The molecule has 1 aliphatic rings. The first kappa shape index (κ1) is 11.5. The van der Waals surface area contributed by atoms with Crippen molar-refractivity contribution >= 4 is 9.84 Å². The van der Waals surface area contributed by atoms with Crippen molar-refractivity contribution in [2.45, 2.75) is 50.0 Å². The molecule has 1 fully saturated rings. The van der Waals surface area contributed by atoms with Gasteiger partial charge in [-0.05, 0) is 26.2 Å². The van der Waals surface area contributed by atoms with Crippen LogP contribution in [0.5, 0.6) is 0 Å². The lowest BCUT2D eigenvalue weighted by Crippen LogP contribution is -2.32. The van der Waals surface area contributed by atoms with Gasteiger partial charge in [-0.25, -0.2) is 8.42 Å². The number of sulfone groups is 1. The van der Waals surface area contributed by atoms with Crippen molar-refractivity contribution in [3.63, 3.8) is 0 Å². The summed E-state index contributed by atoms with van der Waals surface area (Å²) in [5.74, 6) is -0.269. The Bertz CT molecular complexity index is 329. The van der Waals surface area contributed by atoms with Crippen LogP contribution in [0.2, 0.25) is 0 Å². The Balaban J connectivity index is 2.88. The molecular formula is C10H17NO2S. The molecule has 0 bridgehead atoms. The second kappa shape index (κ2) is 4.31. The number of rotatable bonds is 3. The molecule has 0 aliphatic heterocycles. The molecule has 1 saturated carbocycles. The molecule has 0 aromatic rings. The predicted octanol–water partition coefficient (Wildman–Crippen LogP) is 1.89. The standard InChI is InChI=1S/C10H17NO2S/c1-3-8(2)14(12,13)10-6-4-5-9(10)7-11/h8-10H,3-6H2,1-2H3. The van der Waals surface area contributed by atoms with E-state index in [4.69, 9.17) is 5.26 Å². The van der Waals surface area contributed by atoms with Crippen LogP contribution >= 0.6 is 0 Å². The van der Waals surface area contributed by atoms with Gasteiger partial charge in [-0.3, -0.25) is 0 Å². The molecule has 1 rings (SSSR count). The van der Waals surface area contributed by atoms with Crippen molar-refractivity contribution in [1.82, 2.24) is 0 Å². The Morgan fingerprint density at radius 2 is 2.14 bits per heavy atom. The Morgan fingerprint density at radius 3 is 2.64 bits per heavy atom. The van der Waals surface area contributed by atoms with Gasteiger partial charge in [0.15, 0.2) is 9.84 Å². The van der Waals surface area contributed by atoms with Gasteiger partial charge in [0.2, 0.25) is 0 Å². The van der Waals surface area contributed by atoms with Crippen LogP contribution in [-0.4, -0.2) is 18.9 Å². The lowest BCUT2D eigenvalue weighted by atomic mass is 10.1. The minimum absolute atomic E-state index is 0.269. The lowest BCUT2D eigenvalue weighted by molar-refractivity contribution is 0.551. The van der Waals surface area contributed by atoms with E-state index in [1.54, 1.807) is 6.92 Å². The second-order valence-electron chi connectivity index (χ2n) is 4.01. The minimum atomic E-state index is -3.07. The summed E-state index contributed by atoms with van der Waals surface area (Å²) in [5.41, 5.74) is 0. The maximum Gasteiger partial charge on any atom is 0.157 e. The van der Waals surface area contributed by atoms with Gasteiger partial charge in [-0.15, -0.1) is 0 Å². The van der Waals surface area contributed by atoms with Gasteiger partial charge in [0.05, 0.1) is 22.5 Å². The fourth-order valence-corrected chi connectivity index (χ4v) is 4.21. The highest BCUT2D eigenvalue weighted by molar-refractivity contribution is 7.92. The third-order valence-corrected chi connectivity index (χ3v) is 6.04. The first-order valence-electron chi connectivity index (χ1n) is 5.16. The molecule has 0 aromatic carbocycles. The molecule has 0 amide bonds. The molecule has 14 heavy (non-hydrogen) atoms. The van der Waals surface area contributed by atoms with Gasteiger partial charge in [0, 0.05) is 0 Å². The van der Waals surface area contributed by atoms with E-state index in [9.17, 15) is 8.42 Å². The number of hydrogen-bond acceptors (Lipinski definition) is 3. The molecule has 3 atom stereocenters. The summed E-state index contributed by atoms with van der Waals surface area (Å²) in [5, 5.41) is 8.14. The van der Waals surface area contributed by atoms with E-state index in [0.29, 0.717) is 12.8 Å². The molecule has 0 heterocycles. The van der Waals surface area contributed by atoms with Gasteiger partial charge in [-0.2, -0.15) is 5.26 Å². The average molecular weight is 215 g/mol. The number of hydrogen-bond donors (Lipinski definition) is 0. The van der Waals surface area contributed by atoms with E-state index in [1.807, 2.05) is 6.92 Å². The summed E-state index contributed by atoms with van der Waals surface area (Å²) in [7, 11) is -3.07. The molecule has 1 aliphatic carbocycles. The molecule has 0 aromatic heterocycles. The second-order valence-corrected chi connectivity index (χ2v) is 6.60. The van der Waals surface area contributed by atoms with Gasteiger partial charge >= 0.3 is 0 Å². The lowest BCUT2D eigenvalue weighted by Gasteiger charge is -2.18. The molecule has 0 saturated heterocycles. The fourth-order valence-electron chi connectivity index (χ4n) is 2.00. The monoisotopic (exact) mass is 215 g/mol. The third kappa shape index (κ3) is 1.93. The van der Waals surface area contributed by atoms with Gasteiger partial charge in [0.1, 0.15) is 0 Å². The van der Waals surface area contributed by atoms with Gasteiger partial charge < -0.3 is 0 Å². The van der Waals surface area contributed by atoms with Gasteiger partial charge in [-0.1, -0.05) is 13.3 Å². The van der Waals surface area contributed by atoms with E-state index in [1.165, 1.54) is 0 Å². The smallest absolute Gasteiger partial charge is 0.157 e. The van der Waals surface area contributed by atoms with E-state index in [0.717, 1.165) is 12.8 Å². The third-order valence-electron chi connectivity index (χ3n) is 3.18. The molecule has 0 N–H and O–H groups in total. The van der Waals surface area contributed by atoms with Crippen LogP contribution in [0.15, 0.2) is 0 Å².